The highest BCUT2D eigenvalue weighted by Gasteiger charge is 2.46. The topological polar surface area (TPSA) is 81.1 Å². The van der Waals surface area contributed by atoms with Gasteiger partial charge in [0.1, 0.15) is 17.7 Å². The zero-order chi connectivity index (χ0) is 20.2. The van der Waals surface area contributed by atoms with Gasteiger partial charge < -0.3 is 15.4 Å². The van der Waals surface area contributed by atoms with Crippen LogP contribution in [-0.2, 0) is 15.1 Å². The molecular formula is C21H22FN5O2. The minimum absolute atomic E-state index is 0.263. The molecule has 29 heavy (non-hydrogen) atoms. The van der Waals surface area contributed by atoms with Crippen LogP contribution in [0, 0.1) is 0 Å². The zero-order valence-corrected chi connectivity index (χ0v) is 16.3. The van der Waals surface area contributed by atoms with E-state index in [1.165, 1.54) is 7.11 Å². The highest BCUT2D eigenvalue weighted by molar-refractivity contribution is 6.07. The second-order valence-electron chi connectivity index (χ2n) is 7.66. The van der Waals surface area contributed by atoms with E-state index in [-0.39, 0.29) is 11.9 Å². The van der Waals surface area contributed by atoms with Crippen molar-refractivity contribution < 1.29 is 13.9 Å². The van der Waals surface area contributed by atoms with Crippen LogP contribution in [0.1, 0.15) is 24.9 Å². The molecule has 1 amide bonds. The molecule has 5 rings (SSSR count). The minimum atomic E-state index is -1.17. The molecule has 0 spiro atoms. The third-order valence-electron chi connectivity index (χ3n) is 6.06. The summed E-state index contributed by atoms with van der Waals surface area (Å²) in [7, 11) is 1.50. The number of rotatable bonds is 3. The van der Waals surface area contributed by atoms with E-state index in [1.54, 1.807) is 17.8 Å². The Morgan fingerprint density at radius 1 is 1.31 bits per heavy atom. The van der Waals surface area contributed by atoms with Crippen LogP contribution in [-0.4, -0.2) is 47.0 Å². The summed E-state index contributed by atoms with van der Waals surface area (Å²) in [5, 5.41) is 11.7. The van der Waals surface area contributed by atoms with Gasteiger partial charge in [-0.3, -0.25) is 9.48 Å². The Bertz CT molecular complexity index is 1110. The van der Waals surface area contributed by atoms with Crippen LogP contribution < -0.4 is 10.6 Å². The summed E-state index contributed by atoms with van der Waals surface area (Å²) in [6.07, 6.45) is 1.29. The number of ether oxygens (including phenoxy) is 1. The number of benzene rings is 1. The molecule has 1 saturated heterocycles. The molecule has 2 aliphatic rings. The number of para-hydroxylation sites is 1. The van der Waals surface area contributed by atoms with Crippen LogP contribution in [0.25, 0.3) is 22.2 Å². The summed E-state index contributed by atoms with van der Waals surface area (Å²) >= 11 is 0. The average Bonchev–Trinajstić information content (AvgIpc) is 3.24. The first-order valence-electron chi connectivity index (χ1n) is 9.73. The highest BCUT2D eigenvalue weighted by Crippen LogP contribution is 2.44. The normalized spacial score (nSPS) is 26.5. The number of halogens is 1. The van der Waals surface area contributed by atoms with E-state index in [2.05, 4.69) is 15.6 Å². The Hall–Kier alpha value is -2.84. The predicted molar refractivity (Wildman–Crippen MR) is 107 cm³/mol. The Morgan fingerprint density at radius 3 is 2.93 bits per heavy atom. The molecule has 0 aliphatic carbocycles. The first-order chi connectivity index (χ1) is 14.0. The number of nitrogens with zero attached hydrogens (tertiary/aromatic N) is 3. The number of carbonyl (C=O) groups excluding carboxylic acids is 1. The number of alkyl halides is 1. The molecule has 3 atom stereocenters. The van der Waals surface area contributed by atoms with Crippen molar-refractivity contribution in [2.24, 2.45) is 0 Å². The second kappa shape index (κ2) is 6.60. The van der Waals surface area contributed by atoms with Crippen molar-refractivity contribution >= 4 is 22.6 Å². The van der Waals surface area contributed by atoms with Crippen molar-refractivity contribution in [3.8, 4) is 11.3 Å². The first-order valence-corrected chi connectivity index (χ1v) is 9.73. The molecule has 3 aromatic rings. The fourth-order valence-corrected chi connectivity index (χ4v) is 4.40. The van der Waals surface area contributed by atoms with Crippen LogP contribution >= 0.6 is 0 Å². The lowest BCUT2D eigenvalue weighted by Gasteiger charge is -2.27. The van der Waals surface area contributed by atoms with Crippen molar-refractivity contribution in [2.75, 3.05) is 25.5 Å². The fraction of sp³-hybridized carbons (Fsp3) is 0.381. The number of carbonyl (C=O) groups is 1. The maximum atomic E-state index is 14.7. The van der Waals surface area contributed by atoms with Gasteiger partial charge in [-0.05, 0) is 32.0 Å². The van der Waals surface area contributed by atoms with Crippen molar-refractivity contribution in [3.05, 3.63) is 42.1 Å². The van der Waals surface area contributed by atoms with E-state index >= 15 is 0 Å². The van der Waals surface area contributed by atoms with Crippen molar-refractivity contribution in [3.63, 3.8) is 0 Å². The van der Waals surface area contributed by atoms with Crippen molar-refractivity contribution in [1.82, 2.24) is 20.1 Å². The van der Waals surface area contributed by atoms with Gasteiger partial charge in [-0.1, -0.05) is 18.2 Å². The van der Waals surface area contributed by atoms with Gasteiger partial charge in [0.05, 0.1) is 11.6 Å². The number of aromatic nitrogens is 3. The summed E-state index contributed by atoms with van der Waals surface area (Å²) in [6, 6.07) is 9.31. The SMILES string of the molecule is CO[C@]1(C)C(=O)Nc2nccc(-c3nn([C@H]4CCNC[C@H]4F)c4ccccc34)c21. The Morgan fingerprint density at radius 2 is 2.14 bits per heavy atom. The molecule has 7 nitrogen and oxygen atoms in total. The molecular weight excluding hydrogens is 373 g/mol. The Balaban J connectivity index is 1.75. The number of pyridine rings is 1. The van der Waals surface area contributed by atoms with Crippen molar-refractivity contribution in [1.29, 1.82) is 0 Å². The Kier molecular flexibility index (Phi) is 4.15. The van der Waals surface area contributed by atoms with E-state index < -0.39 is 11.8 Å². The van der Waals surface area contributed by atoms with Gasteiger partial charge in [0, 0.05) is 36.4 Å². The molecule has 0 radical (unpaired) electrons. The lowest BCUT2D eigenvalue weighted by atomic mass is 9.92. The van der Waals surface area contributed by atoms with Crippen LogP contribution in [0.5, 0.6) is 0 Å². The molecule has 1 aromatic carbocycles. The van der Waals surface area contributed by atoms with Gasteiger partial charge in [0.2, 0.25) is 0 Å². The minimum Gasteiger partial charge on any atom is -0.364 e. The average molecular weight is 395 g/mol. The third-order valence-corrected chi connectivity index (χ3v) is 6.06. The van der Waals surface area contributed by atoms with Gasteiger partial charge in [0.15, 0.2) is 5.60 Å². The molecule has 0 bridgehead atoms. The number of amides is 1. The molecule has 2 N–H and O–H groups in total. The van der Waals surface area contributed by atoms with Crippen LogP contribution in [0.4, 0.5) is 10.2 Å². The number of nitrogens with one attached hydrogen (secondary N) is 2. The number of methoxy groups -OCH3 is 1. The van der Waals surface area contributed by atoms with Gasteiger partial charge in [-0.2, -0.15) is 5.10 Å². The third kappa shape index (κ3) is 2.59. The number of anilines is 1. The van der Waals surface area contributed by atoms with E-state index in [1.807, 2.05) is 30.3 Å². The van der Waals surface area contributed by atoms with E-state index in [0.717, 1.165) is 23.0 Å². The molecule has 0 saturated carbocycles. The number of hydrogen-bond donors (Lipinski definition) is 2. The van der Waals surface area contributed by atoms with Gasteiger partial charge in [-0.25, -0.2) is 9.37 Å². The summed E-state index contributed by atoms with van der Waals surface area (Å²) in [5.41, 5.74) is 1.83. The largest absolute Gasteiger partial charge is 0.364 e. The number of piperidine rings is 1. The number of hydrogen-bond acceptors (Lipinski definition) is 5. The fourth-order valence-electron chi connectivity index (χ4n) is 4.40. The predicted octanol–water partition coefficient (Wildman–Crippen LogP) is 2.78. The molecule has 0 unspecified atom stereocenters. The highest BCUT2D eigenvalue weighted by atomic mass is 19.1. The monoisotopic (exact) mass is 395 g/mol. The van der Waals surface area contributed by atoms with Crippen LogP contribution in [0.3, 0.4) is 0 Å². The molecule has 2 aromatic heterocycles. The Labute approximate surface area is 167 Å². The van der Waals surface area contributed by atoms with Crippen LogP contribution in [0.15, 0.2) is 36.5 Å². The molecule has 2 aliphatic heterocycles. The van der Waals surface area contributed by atoms with E-state index in [9.17, 15) is 9.18 Å². The van der Waals surface area contributed by atoms with Gasteiger partial charge >= 0.3 is 0 Å². The lowest BCUT2D eigenvalue weighted by molar-refractivity contribution is -0.135. The zero-order valence-electron chi connectivity index (χ0n) is 16.3. The summed E-state index contributed by atoms with van der Waals surface area (Å²) in [6.45, 7) is 2.79. The summed E-state index contributed by atoms with van der Waals surface area (Å²) < 4.78 is 22.1. The van der Waals surface area contributed by atoms with Gasteiger partial charge in [0.25, 0.3) is 5.91 Å². The molecule has 150 valence electrons. The molecule has 8 heteroatoms. The standard InChI is InChI=1S/C21H22FN5O2/c1-21(29-2)17-13(7-10-24-19(17)25-20(21)28)18-12-5-3-4-6-15(12)27(26-18)16-8-9-23-11-14(16)22/h3-7,10,14,16,23H,8-9,11H2,1-2H3,(H,24,25,28)/t14-,16+,21+/m1/s1. The first kappa shape index (κ1) is 18.2. The van der Waals surface area contributed by atoms with Gasteiger partial charge in [-0.15, -0.1) is 0 Å². The smallest absolute Gasteiger partial charge is 0.262 e. The number of fused-ring (bicyclic) bond motifs is 2. The van der Waals surface area contributed by atoms with Crippen LogP contribution in [0.2, 0.25) is 0 Å². The summed E-state index contributed by atoms with van der Waals surface area (Å²) in [5.74, 6) is 0.210. The quantitative estimate of drug-likeness (QED) is 0.713. The van der Waals surface area contributed by atoms with Crippen molar-refractivity contribution in [2.45, 2.75) is 31.2 Å². The lowest BCUT2D eigenvalue weighted by Crippen LogP contribution is -2.39. The maximum absolute atomic E-state index is 14.7. The summed E-state index contributed by atoms with van der Waals surface area (Å²) in [4.78, 5) is 16.9. The van der Waals surface area contributed by atoms with E-state index in [4.69, 9.17) is 9.84 Å². The molecule has 4 heterocycles. The maximum Gasteiger partial charge on any atom is 0.262 e. The molecule has 1 fully saturated rings. The van der Waals surface area contributed by atoms with E-state index in [0.29, 0.717) is 30.0 Å². The second-order valence-corrected chi connectivity index (χ2v) is 7.66.